The predicted octanol–water partition coefficient (Wildman–Crippen LogP) is 4.44. The van der Waals surface area contributed by atoms with E-state index in [1.807, 2.05) is 31.2 Å². The molecule has 6 heteroatoms. The summed E-state index contributed by atoms with van der Waals surface area (Å²) in [6.07, 6.45) is 1.58. The Balaban J connectivity index is 2.08. The number of hydrogen-bond donors (Lipinski definition) is 1. The van der Waals surface area contributed by atoms with Gasteiger partial charge in [-0.05, 0) is 49.7 Å². The average Bonchev–Trinajstić information content (AvgIpc) is 2.51. The molecule has 0 spiro atoms. The fourth-order valence-electron chi connectivity index (χ4n) is 1.88. The first-order valence-corrected chi connectivity index (χ1v) is 7.16. The number of halogens is 2. The lowest BCUT2D eigenvalue weighted by Gasteiger charge is -2.11. The molecule has 1 N–H and O–H groups in total. The Labute approximate surface area is 133 Å². The maximum absolute atomic E-state index is 12.3. The molecule has 122 valence electrons. The monoisotopic (exact) mass is 320 g/mol. The predicted molar refractivity (Wildman–Crippen MR) is 86.6 cm³/mol. The van der Waals surface area contributed by atoms with Crippen molar-refractivity contribution in [3.8, 4) is 11.5 Å². The molecular weight excluding hydrogens is 302 g/mol. The van der Waals surface area contributed by atoms with Gasteiger partial charge in [0, 0.05) is 0 Å². The number of anilines is 1. The van der Waals surface area contributed by atoms with Crippen LogP contribution in [0.1, 0.15) is 18.1 Å². The van der Waals surface area contributed by atoms with Gasteiger partial charge >= 0.3 is 6.61 Å². The number of rotatable bonds is 7. The van der Waals surface area contributed by atoms with Gasteiger partial charge in [0.2, 0.25) is 0 Å². The van der Waals surface area contributed by atoms with Gasteiger partial charge in [-0.1, -0.05) is 17.7 Å². The summed E-state index contributed by atoms with van der Waals surface area (Å²) in [5, 5.41) is 4.11. The summed E-state index contributed by atoms with van der Waals surface area (Å²) in [4.78, 5) is 0. The number of hydrazone groups is 1. The Morgan fingerprint density at radius 3 is 2.52 bits per heavy atom. The van der Waals surface area contributed by atoms with Gasteiger partial charge in [-0.2, -0.15) is 13.9 Å². The number of nitrogens with zero attached hydrogens (tertiary/aromatic N) is 1. The summed E-state index contributed by atoms with van der Waals surface area (Å²) < 4.78 is 34.4. The zero-order valence-corrected chi connectivity index (χ0v) is 12.9. The van der Waals surface area contributed by atoms with Gasteiger partial charge in [0.25, 0.3) is 0 Å². The molecule has 0 saturated heterocycles. The van der Waals surface area contributed by atoms with Gasteiger partial charge in [-0.15, -0.1) is 0 Å². The molecule has 0 heterocycles. The van der Waals surface area contributed by atoms with Crippen molar-refractivity contribution in [1.82, 2.24) is 0 Å². The van der Waals surface area contributed by atoms with E-state index in [1.54, 1.807) is 25.3 Å². The van der Waals surface area contributed by atoms with E-state index in [0.717, 1.165) is 11.3 Å². The summed E-state index contributed by atoms with van der Waals surface area (Å²) in [5.74, 6) is 0.262. The van der Waals surface area contributed by atoms with Crippen molar-refractivity contribution >= 4 is 11.9 Å². The smallest absolute Gasteiger partial charge is 0.387 e. The minimum atomic E-state index is -2.89. The molecule has 0 fully saturated rings. The van der Waals surface area contributed by atoms with Crippen LogP contribution in [0.4, 0.5) is 14.5 Å². The van der Waals surface area contributed by atoms with Crippen molar-refractivity contribution in [2.75, 3.05) is 12.0 Å². The molecule has 2 aromatic carbocycles. The maximum atomic E-state index is 12.3. The van der Waals surface area contributed by atoms with E-state index in [-0.39, 0.29) is 11.5 Å². The minimum absolute atomic E-state index is 0.00509. The third-order valence-corrected chi connectivity index (χ3v) is 2.94. The molecule has 0 atom stereocenters. The first-order valence-electron chi connectivity index (χ1n) is 7.16. The number of aryl methyl sites for hydroxylation is 1. The zero-order valence-electron chi connectivity index (χ0n) is 12.9. The van der Waals surface area contributed by atoms with Crippen LogP contribution in [0.3, 0.4) is 0 Å². The Hall–Kier alpha value is -2.63. The van der Waals surface area contributed by atoms with Crippen LogP contribution in [0.25, 0.3) is 0 Å². The molecular formula is C17H18F2N2O2. The van der Waals surface area contributed by atoms with Gasteiger partial charge in [0.05, 0.1) is 18.5 Å². The first kappa shape index (κ1) is 16.7. The Morgan fingerprint density at radius 1 is 1.13 bits per heavy atom. The highest BCUT2D eigenvalue weighted by atomic mass is 19.3. The molecule has 0 saturated carbocycles. The van der Waals surface area contributed by atoms with Gasteiger partial charge in [0.1, 0.15) is 0 Å². The van der Waals surface area contributed by atoms with E-state index in [2.05, 4.69) is 15.3 Å². The Kier molecular flexibility index (Phi) is 5.91. The summed E-state index contributed by atoms with van der Waals surface area (Å²) in [5.41, 5.74) is 5.62. The molecule has 0 aliphatic heterocycles. The molecule has 2 aromatic rings. The van der Waals surface area contributed by atoms with Gasteiger partial charge < -0.3 is 9.47 Å². The van der Waals surface area contributed by atoms with E-state index in [9.17, 15) is 8.78 Å². The second-order valence-corrected chi connectivity index (χ2v) is 4.75. The van der Waals surface area contributed by atoms with Crippen molar-refractivity contribution in [3.63, 3.8) is 0 Å². The fraction of sp³-hybridized carbons (Fsp3) is 0.235. The third kappa shape index (κ3) is 5.25. The van der Waals surface area contributed by atoms with Gasteiger partial charge in [-0.3, -0.25) is 5.43 Å². The normalized spacial score (nSPS) is 11.0. The molecule has 0 bridgehead atoms. The first-order chi connectivity index (χ1) is 11.1. The highest BCUT2D eigenvalue weighted by molar-refractivity contribution is 5.81. The van der Waals surface area contributed by atoms with Gasteiger partial charge in [-0.25, -0.2) is 0 Å². The van der Waals surface area contributed by atoms with Crippen LogP contribution in [0.15, 0.2) is 47.6 Å². The van der Waals surface area contributed by atoms with Crippen LogP contribution in [0.2, 0.25) is 0 Å². The summed E-state index contributed by atoms with van der Waals surface area (Å²) in [7, 11) is 0. The lowest BCUT2D eigenvalue weighted by Crippen LogP contribution is -2.05. The topological polar surface area (TPSA) is 42.8 Å². The Morgan fingerprint density at radius 2 is 1.87 bits per heavy atom. The van der Waals surface area contributed by atoms with Crippen molar-refractivity contribution in [2.45, 2.75) is 20.5 Å². The number of hydrogen-bond acceptors (Lipinski definition) is 4. The molecule has 0 aliphatic rings. The molecule has 4 nitrogen and oxygen atoms in total. The second kappa shape index (κ2) is 8.12. The molecule has 23 heavy (non-hydrogen) atoms. The van der Waals surface area contributed by atoms with Crippen molar-refractivity contribution < 1.29 is 18.3 Å². The largest absolute Gasteiger partial charge is 0.490 e. The van der Waals surface area contributed by atoms with Crippen molar-refractivity contribution in [2.24, 2.45) is 5.10 Å². The minimum Gasteiger partial charge on any atom is -0.490 e. The Bertz CT molecular complexity index is 658. The molecule has 0 amide bonds. The standard InChI is InChI=1S/C17H18F2N2O2/c1-3-22-16-10-13(6-9-15(16)23-17(18)19)11-20-21-14-7-4-12(2)5-8-14/h4-11,17,21H,3H2,1-2H3/b20-11-. The number of benzene rings is 2. The number of alkyl halides is 2. The highest BCUT2D eigenvalue weighted by Gasteiger charge is 2.11. The van der Waals surface area contributed by atoms with Crippen LogP contribution in [-0.4, -0.2) is 19.4 Å². The summed E-state index contributed by atoms with van der Waals surface area (Å²) >= 11 is 0. The molecule has 0 unspecified atom stereocenters. The third-order valence-electron chi connectivity index (χ3n) is 2.94. The van der Waals surface area contributed by atoms with Gasteiger partial charge in [0.15, 0.2) is 11.5 Å². The maximum Gasteiger partial charge on any atom is 0.387 e. The summed E-state index contributed by atoms with van der Waals surface area (Å²) in [6.45, 7) is 1.23. The lowest BCUT2D eigenvalue weighted by molar-refractivity contribution is -0.0514. The number of nitrogens with one attached hydrogen (secondary N) is 1. The molecule has 0 aliphatic carbocycles. The van der Waals surface area contributed by atoms with Crippen LogP contribution in [-0.2, 0) is 0 Å². The SMILES string of the molecule is CCOc1cc(/C=N\Nc2ccc(C)cc2)ccc1OC(F)F. The quantitative estimate of drug-likeness (QED) is 0.606. The molecule has 0 radical (unpaired) electrons. The van der Waals surface area contributed by atoms with Crippen molar-refractivity contribution in [3.05, 3.63) is 53.6 Å². The second-order valence-electron chi connectivity index (χ2n) is 4.75. The van der Waals surface area contributed by atoms with Crippen LogP contribution in [0, 0.1) is 6.92 Å². The van der Waals surface area contributed by atoms with Crippen LogP contribution in [0.5, 0.6) is 11.5 Å². The fourth-order valence-corrected chi connectivity index (χ4v) is 1.88. The van der Waals surface area contributed by atoms with E-state index in [1.165, 1.54) is 6.07 Å². The van der Waals surface area contributed by atoms with E-state index in [4.69, 9.17) is 4.74 Å². The van der Waals surface area contributed by atoms with Crippen molar-refractivity contribution in [1.29, 1.82) is 0 Å². The zero-order chi connectivity index (χ0) is 16.7. The van der Waals surface area contributed by atoms with E-state index in [0.29, 0.717) is 12.2 Å². The van der Waals surface area contributed by atoms with Crippen LogP contribution >= 0.6 is 0 Å². The molecule has 2 rings (SSSR count). The van der Waals surface area contributed by atoms with E-state index < -0.39 is 6.61 Å². The lowest BCUT2D eigenvalue weighted by atomic mass is 10.2. The van der Waals surface area contributed by atoms with Crippen LogP contribution < -0.4 is 14.9 Å². The highest BCUT2D eigenvalue weighted by Crippen LogP contribution is 2.29. The van der Waals surface area contributed by atoms with E-state index >= 15 is 0 Å². The number of ether oxygens (including phenoxy) is 2. The summed E-state index contributed by atoms with van der Waals surface area (Å²) in [6, 6.07) is 12.4. The molecule has 0 aromatic heterocycles. The average molecular weight is 320 g/mol.